The molecule has 0 spiro atoms. The molecule has 1 N–H and O–H groups in total. The fourth-order valence-corrected chi connectivity index (χ4v) is 3.69. The number of rotatable bonds is 4. The lowest BCUT2D eigenvalue weighted by Crippen LogP contribution is -2.45. The number of ether oxygens (including phenoxy) is 1. The van der Waals surface area contributed by atoms with E-state index in [0.717, 1.165) is 4.57 Å². The zero-order valence-electron chi connectivity index (χ0n) is 15.6. The molecule has 3 aromatic rings. The van der Waals surface area contributed by atoms with Gasteiger partial charge in [-0.2, -0.15) is 0 Å². The lowest BCUT2D eigenvalue weighted by molar-refractivity contribution is -0.123. The summed E-state index contributed by atoms with van der Waals surface area (Å²) in [6.07, 6.45) is 0. The first-order valence-electron chi connectivity index (χ1n) is 8.40. The van der Waals surface area contributed by atoms with Gasteiger partial charge in [-0.1, -0.05) is 12.1 Å². The number of hydrogen-bond acceptors (Lipinski definition) is 5. The summed E-state index contributed by atoms with van der Waals surface area (Å²) in [5.41, 5.74) is -0.645. The quantitative estimate of drug-likeness (QED) is 0.744. The molecular weight excluding hydrogens is 366 g/mol. The Morgan fingerprint density at radius 2 is 1.89 bits per heavy atom. The van der Waals surface area contributed by atoms with E-state index in [1.807, 2.05) is 20.8 Å². The minimum absolute atomic E-state index is 0.182. The van der Waals surface area contributed by atoms with E-state index in [9.17, 15) is 14.4 Å². The summed E-state index contributed by atoms with van der Waals surface area (Å²) in [6, 6.07) is 8.47. The molecule has 3 rings (SSSR count). The zero-order chi connectivity index (χ0) is 19.8. The van der Waals surface area contributed by atoms with Crippen LogP contribution in [0.1, 0.15) is 20.8 Å². The number of fused-ring (bicyclic) bond motifs is 1. The van der Waals surface area contributed by atoms with E-state index < -0.39 is 16.8 Å². The van der Waals surface area contributed by atoms with Gasteiger partial charge in [0.1, 0.15) is 17.0 Å². The number of para-hydroxylation sites is 2. The van der Waals surface area contributed by atoms with Crippen molar-refractivity contribution in [3.63, 3.8) is 0 Å². The first kappa shape index (κ1) is 18.9. The van der Waals surface area contributed by atoms with Gasteiger partial charge in [0, 0.05) is 5.54 Å². The van der Waals surface area contributed by atoms with Gasteiger partial charge in [0.05, 0.1) is 18.3 Å². The standard InChI is InChI=1S/C19H21N3O4S/c1-19(2,3)20-15(23)11-21-13-9-10-27-16(13)17(24)22(18(21)25)12-7-5-6-8-14(12)26-4/h5-10H,11H2,1-4H3,(H,20,23). The molecule has 8 heteroatoms. The number of hydrogen-bond donors (Lipinski definition) is 1. The lowest BCUT2D eigenvalue weighted by atomic mass is 10.1. The van der Waals surface area contributed by atoms with Crippen LogP contribution in [0.3, 0.4) is 0 Å². The Kier molecular flexibility index (Phi) is 4.93. The summed E-state index contributed by atoms with van der Waals surface area (Å²) in [5.74, 6) is 0.0978. The molecule has 0 unspecified atom stereocenters. The summed E-state index contributed by atoms with van der Waals surface area (Å²) in [6.45, 7) is 5.41. The molecule has 0 saturated heterocycles. The van der Waals surface area contributed by atoms with E-state index in [1.54, 1.807) is 35.7 Å². The van der Waals surface area contributed by atoms with Gasteiger partial charge >= 0.3 is 5.69 Å². The topological polar surface area (TPSA) is 82.3 Å². The highest BCUT2D eigenvalue weighted by atomic mass is 32.1. The predicted octanol–water partition coefficient (Wildman–Crippen LogP) is 2.14. The number of aromatic nitrogens is 2. The van der Waals surface area contributed by atoms with Crippen molar-refractivity contribution in [1.82, 2.24) is 14.5 Å². The number of carbonyl (C=O) groups excluding carboxylic acids is 1. The molecule has 0 aliphatic carbocycles. The largest absolute Gasteiger partial charge is 0.495 e. The number of benzene rings is 1. The first-order chi connectivity index (χ1) is 12.7. The van der Waals surface area contributed by atoms with Crippen LogP contribution < -0.4 is 21.3 Å². The molecule has 0 saturated carbocycles. The van der Waals surface area contributed by atoms with E-state index in [1.165, 1.54) is 23.0 Å². The van der Waals surface area contributed by atoms with E-state index >= 15 is 0 Å². The Morgan fingerprint density at radius 1 is 1.19 bits per heavy atom. The first-order valence-corrected chi connectivity index (χ1v) is 9.28. The average molecular weight is 387 g/mol. The average Bonchev–Trinajstić information content (AvgIpc) is 3.07. The highest BCUT2D eigenvalue weighted by Gasteiger charge is 2.21. The van der Waals surface area contributed by atoms with Gasteiger partial charge in [-0.15, -0.1) is 11.3 Å². The van der Waals surface area contributed by atoms with Crippen molar-refractivity contribution in [1.29, 1.82) is 0 Å². The van der Waals surface area contributed by atoms with Crippen LogP contribution in [0.15, 0.2) is 45.3 Å². The second kappa shape index (κ2) is 7.03. The molecule has 27 heavy (non-hydrogen) atoms. The molecule has 142 valence electrons. The Labute approximate surface area is 159 Å². The highest BCUT2D eigenvalue weighted by molar-refractivity contribution is 7.17. The molecule has 1 amide bonds. The van der Waals surface area contributed by atoms with Gasteiger partial charge in [-0.25, -0.2) is 9.36 Å². The van der Waals surface area contributed by atoms with E-state index in [2.05, 4.69) is 5.32 Å². The molecule has 2 aromatic heterocycles. The van der Waals surface area contributed by atoms with Crippen LogP contribution in [-0.4, -0.2) is 27.7 Å². The molecule has 1 aromatic carbocycles. The minimum Gasteiger partial charge on any atom is -0.495 e. The maximum Gasteiger partial charge on any atom is 0.336 e. The van der Waals surface area contributed by atoms with Crippen LogP contribution >= 0.6 is 11.3 Å². The molecule has 2 heterocycles. The normalized spacial score (nSPS) is 11.6. The van der Waals surface area contributed by atoms with Gasteiger partial charge in [0.2, 0.25) is 5.91 Å². The fourth-order valence-electron chi connectivity index (χ4n) is 2.87. The third kappa shape index (κ3) is 3.66. The number of carbonyl (C=O) groups is 1. The van der Waals surface area contributed by atoms with Gasteiger partial charge in [-0.3, -0.25) is 14.2 Å². The molecule has 7 nitrogen and oxygen atoms in total. The summed E-state index contributed by atoms with van der Waals surface area (Å²) in [5, 5.41) is 4.57. The lowest BCUT2D eigenvalue weighted by Gasteiger charge is -2.21. The maximum absolute atomic E-state index is 13.2. The van der Waals surface area contributed by atoms with Crippen molar-refractivity contribution >= 4 is 27.5 Å². The Hall–Kier alpha value is -2.87. The third-order valence-electron chi connectivity index (χ3n) is 3.90. The van der Waals surface area contributed by atoms with Crippen LogP contribution in [0.25, 0.3) is 15.9 Å². The number of amides is 1. The van der Waals surface area contributed by atoms with Crippen LogP contribution in [0.5, 0.6) is 5.75 Å². The number of nitrogens with one attached hydrogen (secondary N) is 1. The van der Waals surface area contributed by atoms with Crippen molar-refractivity contribution in [3.05, 3.63) is 56.5 Å². The zero-order valence-corrected chi connectivity index (χ0v) is 16.4. The van der Waals surface area contributed by atoms with E-state index in [4.69, 9.17) is 4.74 Å². The summed E-state index contributed by atoms with van der Waals surface area (Å²) in [7, 11) is 1.48. The smallest absolute Gasteiger partial charge is 0.336 e. The second-order valence-electron chi connectivity index (χ2n) is 7.11. The summed E-state index contributed by atoms with van der Waals surface area (Å²) >= 11 is 1.23. The van der Waals surface area contributed by atoms with Gasteiger partial charge in [-0.05, 0) is 44.4 Å². The maximum atomic E-state index is 13.2. The molecule has 0 aliphatic heterocycles. The fraction of sp³-hybridized carbons (Fsp3) is 0.316. The van der Waals surface area contributed by atoms with E-state index in [-0.39, 0.29) is 12.5 Å². The summed E-state index contributed by atoms with van der Waals surface area (Å²) < 4.78 is 8.09. The monoisotopic (exact) mass is 387 g/mol. The molecule has 0 aliphatic rings. The van der Waals surface area contributed by atoms with Gasteiger partial charge in [0.15, 0.2) is 0 Å². The third-order valence-corrected chi connectivity index (χ3v) is 4.79. The van der Waals surface area contributed by atoms with Crippen LogP contribution in [0.4, 0.5) is 0 Å². The molecular formula is C19H21N3O4S. The number of thiophene rings is 1. The second-order valence-corrected chi connectivity index (χ2v) is 8.03. The number of nitrogens with zero attached hydrogens (tertiary/aromatic N) is 2. The highest BCUT2D eigenvalue weighted by Crippen LogP contribution is 2.21. The number of methoxy groups -OCH3 is 1. The minimum atomic E-state index is -0.584. The van der Waals surface area contributed by atoms with Crippen LogP contribution in [0, 0.1) is 0 Å². The van der Waals surface area contributed by atoms with Crippen molar-refractivity contribution in [2.75, 3.05) is 7.11 Å². The molecule has 0 fully saturated rings. The predicted molar refractivity (Wildman–Crippen MR) is 106 cm³/mol. The SMILES string of the molecule is COc1ccccc1-n1c(=O)c2sccc2n(CC(=O)NC(C)(C)C)c1=O. The van der Waals surface area contributed by atoms with Crippen molar-refractivity contribution in [3.8, 4) is 11.4 Å². The molecule has 0 atom stereocenters. The summed E-state index contributed by atoms with van der Waals surface area (Å²) in [4.78, 5) is 38.5. The van der Waals surface area contributed by atoms with E-state index in [0.29, 0.717) is 21.7 Å². The molecule has 0 bridgehead atoms. The van der Waals surface area contributed by atoms with Crippen molar-refractivity contribution in [2.24, 2.45) is 0 Å². The van der Waals surface area contributed by atoms with Crippen molar-refractivity contribution < 1.29 is 9.53 Å². The van der Waals surface area contributed by atoms with Gasteiger partial charge < -0.3 is 10.1 Å². The van der Waals surface area contributed by atoms with Crippen LogP contribution in [-0.2, 0) is 11.3 Å². The Bertz CT molecular complexity index is 1120. The molecule has 0 radical (unpaired) electrons. The van der Waals surface area contributed by atoms with Crippen molar-refractivity contribution in [2.45, 2.75) is 32.9 Å². The van der Waals surface area contributed by atoms with Gasteiger partial charge in [0.25, 0.3) is 5.56 Å². The Balaban J connectivity index is 2.24. The van der Waals surface area contributed by atoms with Crippen LogP contribution in [0.2, 0.25) is 0 Å². The Morgan fingerprint density at radius 3 is 2.56 bits per heavy atom.